The summed E-state index contributed by atoms with van der Waals surface area (Å²) in [7, 11) is 0. The third-order valence-corrected chi connectivity index (χ3v) is 4.02. The van der Waals surface area contributed by atoms with E-state index in [2.05, 4.69) is 15.3 Å². The third-order valence-electron chi connectivity index (χ3n) is 4.02. The Morgan fingerprint density at radius 2 is 2.25 bits per heavy atom. The Bertz CT molecular complexity index is 616. The molecule has 3 rings (SSSR count). The molecular formula is C14H18N4O2. The van der Waals surface area contributed by atoms with E-state index in [1.807, 2.05) is 18.2 Å². The number of aromatic amines is 1. The monoisotopic (exact) mass is 274 g/mol. The average Bonchev–Trinajstić information content (AvgIpc) is 2.97. The van der Waals surface area contributed by atoms with Gasteiger partial charge < -0.3 is 20.8 Å². The van der Waals surface area contributed by atoms with E-state index >= 15 is 0 Å². The zero-order valence-corrected chi connectivity index (χ0v) is 11.2. The number of anilines is 1. The molecule has 0 saturated carbocycles. The molecule has 1 aliphatic heterocycles. The van der Waals surface area contributed by atoms with Gasteiger partial charge in [0, 0.05) is 19.8 Å². The van der Waals surface area contributed by atoms with E-state index < -0.39 is 5.41 Å². The minimum absolute atomic E-state index is 0.0428. The molecule has 0 spiro atoms. The molecule has 1 aromatic carbocycles. The van der Waals surface area contributed by atoms with Crippen molar-refractivity contribution in [2.75, 3.05) is 25.1 Å². The number of ether oxygens (including phenoxy) is 1. The number of hydrogen-bond donors (Lipinski definition) is 3. The number of imidazole rings is 1. The largest absolute Gasteiger partial charge is 0.381 e. The lowest BCUT2D eigenvalue weighted by Crippen LogP contribution is -2.46. The Balaban J connectivity index is 1.86. The Morgan fingerprint density at radius 1 is 1.45 bits per heavy atom. The van der Waals surface area contributed by atoms with Gasteiger partial charge >= 0.3 is 0 Å². The van der Waals surface area contributed by atoms with Crippen LogP contribution < -0.4 is 11.1 Å². The highest BCUT2D eigenvalue weighted by molar-refractivity contribution is 6.02. The van der Waals surface area contributed by atoms with Gasteiger partial charge in [-0.05, 0) is 25.0 Å². The van der Waals surface area contributed by atoms with Gasteiger partial charge in [-0.25, -0.2) is 4.98 Å². The van der Waals surface area contributed by atoms with Gasteiger partial charge in [0.05, 0.1) is 22.9 Å². The Kier molecular flexibility index (Phi) is 3.42. The first-order chi connectivity index (χ1) is 9.75. The molecule has 0 aliphatic carbocycles. The predicted molar refractivity (Wildman–Crippen MR) is 76.3 cm³/mol. The Labute approximate surface area is 116 Å². The smallest absolute Gasteiger partial charge is 0.232 e. The summed E-state index contributed by atoms with van der Waals surface area (Å²) in [6.07, 6.45) is 2.94. The van der Waals surface area contributed by atoms with Gasteiger partial charge in [-0.3, -0.25) is 4.79 Å². The second kappa shape index (κ2) is 5.22. The highest BCUT2D eigenvalue weighted by Gasteiger charge is 2.39. The van der Waals surface area contributed by atoms with Gasteiger partial charge in [-0.1, -0.05) is 6.07 Å². The molecule has 6 heteroatoms. The van der Waals surface area contributed by atoms with E-state index in [0.717, 1.165) is 11.0 Å². The van der Waals surface area contributed by atoms with Gasteiger partial charge in [0.15, 0.2) is 0 Å². The average molecular weight is 274 g/mol. The van der Waals surface area contributed by atoms with Crippen molar-refractivity contribution in [2.45, 2.75) is 12.8 Å². The Morgan fingerprint density at radius 3 is 3.00 bits per heavy atom. The van der Waals surface area contributed by atoms with Crippen LogP contribution in [0.2, 0.25) is 0 Å². The zero-order valence-electron chi connectivity index (χ0n) is 11.2. The molecule has 0 bridgehead atoms. The van der Waals surface area contributed by atoms with Crippen LogP contribution in [0.4, 0.5) is 5.69 Å². The molecule has 0 unspecified atom stereocenters. The molecule has 1 fully saturated rings. The van der Waals surface area contributed by atoms with Crippen molar-refractivity contribution in [1.82, 2.24) is 9.97 Å². The molecule has 20 heavy (non-hydrogen) atoms. The maximum atomic E-state index is 12.6. The summed E-state index contributed by atoms with van der Waals surface area (Å²) in [5, 5.41) is 2.98. The first-order valence-electron chi connectivity index (χ1n) is 6.76. The van der Waals surface area contributed by atoms with Crippen molar-refractivity contribution in [3.8, 4) is 0 Å². The molecular weight excluding hydrogens is 256 g/mol. The topological polar surface area (TPSA) is 93.0 Å². The van der Waals surface area contributed by atoms with Gasteiger partial charge in [0.1, 0.15) is 5.52 Å². The highest BCUT2D eigenvalue weighted by atomic mass is 16.5. The predicted octanol–water partition coefficient (Wildman–Crippen LogP) is 1.26. The first-order valence-corrected chi connectivity index (χ1v) is 6.76. The van der Waals surface area contributed by atoms with Crippen LogP contribution in [0.25, 0.3) is 11.0 Å². The molecule has 0 atom stereocenters. The summed E-state index contributed by atoms with van der Waals surface area (Å²) in [6.45, 7) is 1.49. The summed E-state index contributed by atoms with van der Waals surface area (Å²) in [6, 6.07) is 5.66. The minimum Gasteiger partial charge on any atom is -0.381 e. The quantitative estimate of drug-likeness (QED) is 0.785. The fourth-order valence-electron chi connectivity index (χ4n) is 2.61. The lowest BCUT2D eigenvalue weighted by Gasteiger charge is -2.34. The number of hydrogen-bond acceptors (Lipinski definition) is 4. The van der Waals surface area contributed by atoms with E-state index in [1.165, 1.54) is 0 Å². The van der Waals surface area contributed by atoms with Crippen LogP contribution in [0, 0.1) is 5.41 Å². The lowest BCUT2D eigenvalue weighted by atomic mass is 9.79. The Hall–Kier alpha value is -1.92. The van der Waals surface area contributed by atoms with E-state index in [4.69, 9.17) is 10.5 Å². The van der Waals surface area contributed by atoms with Crippen LogP contribution in [0.15, 0.2) is 24.5 Å². The number of fused-ring (bicyclic) bond motifs is 1. The number of aromatic nitrogens is 2. The number of rotatable bonds is 3. The number of para-hydroxylation sites is 1. The fraction of sp³-hybridized carbons (Fsp3) is 0.429. The molecule has 0 radical (unpaired) electrons. The van der Waals surface area contributed by atoms with E-state index in [1.54, 1.807) is 6.33 Å². The highest BCUT2D eigenvalue weighted by Crippen LogP contribution is 2.31. The molecule has 1 aliphatic rings. The molecule has 1 aromatic heterocycles. The second-order valence-corrected chi connectivity index (χ2v) is 5.16. The number of nitrogens with one attached hydrogen (secondary N) is 2. The normalized spacial score (nSPS) is 18.1. The summed E-state index contributed by atoms with van der Waals surface area (Å²) < 4.78 is 5.33. The van der Waals surface area contributed by atoms with E-state index in [9.17, 15) is 4.79 Å². The maximum absolute atomic E-state index is 12.6. The van der Waals surface area contributed by atoms with Gasteiger partial charge in [0.2, 0.25) is 5.91 Å². The number of amides is 1. The van der Waals surface area contributed by atoms with Gasteiger partial charge in [-0.15, -0.1) is 0 Å². The van der Waals surface area contributed by atoms with Crippen LogP contribution in [-0.4, -0.2) is 35.6 Å². The van der Waals surface area contributed by atoms with Crippen LogP contribution in [0.5, 0.6) is 0 Å². The number of H-pyrrole nitrogens is 1. The van der Waals surface area contributed by atoms with Crippen LogP contribution in [-0.2, 0) is 9.53 Å². The molecule has 106 valence electrons. The van der Waals surface area contributed by atoms with Gasteiger partial charge in [-0.2, -0.15) is 0 Å². The number of nitrogens with two attached hydrogens (primary N) is 1. The van der Waals surface area contributed by atoms with Crippen molar-refractivity contribution < 1.29 is 9.53 Å². The summed E-state index contributed by atoms with van der Waals surface area (Å²) in [5.41, 5.74) is 7.70. The van der Waals surface area contributed by atoms with Crippen LogP contribution >= 0.6 is 0 Å². The molecule has 4 N–H and O–H groups in total. The maximum Gasteiger partial charge on any atom is 0.232 e. The molecule has 2 aromatic rings. The van der Waals surface area contributed by atoms with Crippen molar-refractivity contribution >= 4 is 22.6 Å². The molecule has 6 nitrogen and oxygen atoms in total. The van der Waals surface area contributed by atoms with E-state index in [0.29, 0.717) is 38.3 Å². The first kappa shape index (κ1) is 13.1. The number of nitrogens with zero attached hydrogens (tertiary/aromatic N) is 1. The fourth-order valence-corrected chi connectivity index (χ4v) is 2.61. The third kappa shape index (κ3) is 2.17. The van der Waals surface area contributed by atoms with Gasteiger partial charge in [0.25, 0.3) is 0 Å². The summed E-state index contributed by atoms with van der Waals surface area (Å²) in [5.74, 6) is -0.0428. The molecule has 1 amide bonds. The molecule has 2 heterocycles. The van der Waals surface area contributed by atoms with Crippen LogP contribution in [0.1, 0.15) is 12.8 Å². The SMILES string of the molecule is NCC1(C(=O)Nc2cccc3[nH]cnc23)CCOCC1. The number of carbonyl (C=O) groups is 1. The lowest BCUT2D eigenvalue weighted by molar-refractivity contribution is -0.130. The second-order valence-electron chi connectivity index (χ2n) is 5.16. The standard InChI is InChI=1S/C14H18N4O2/c15-8-14(4-6-20-7-5-14)13(19)18-11-3-1-2-10-12(11)17-9-16-10/h1-3,9H,4-8,15H2,(H,16,17)(H,18,19). The van der Waals surface area contributed by atoms with Crippen molar-refractivity contribution in [3.05, 3.63) is 24.5 Å². The molecule has 1 saturated heterocycles. The zero-order chi connectivity index (χ0) is 14.0. The van der Waals surface area contributed by atoms with E-state index in [-0.39, 0.29) is 5.91 Å². The number of carbonyl (C=O) groups excluding carboxylic acids is 1. The van der Waals surface area contributed by atoms with Crippen molar-refractivity contribution in [2.24, 2.45) is 11.1 Å². The number of benzene rings is 1. The minimum atomic E-state index is -0.531. The summed E-state index contributed by atoms with van der Waals surface area (Å²) >= 11 is 0. The van der Waals surface area contributed by atoms with Crippen molar-refractivity contribution in [1.29, 1.82) is 0 Å². The van der Waals surface area contributed by atoms with Crippen LogP contribution in [0.3, 0.4) is 0 Å². The van der Waals surface area contributed by atoms with Crippen molar-refractivity contribution in [3.63, 3.8) is 0 Å². The summed E-state index contributed by atoms with van der Waals surface area (Å²) in [4.78, 5) is 19.9.